The topological polar surface area (TPSA) is 48.5 Å². The summed E-state index contributed by atoms with van der Waals surface area (Å²) in [6.07, 6.45) is 6.73. The Labute approximate surface area is 438 Å². The summed E-state index contributed by atoms with van der Waals surface area (Å²) in [6, 6.07) is 87.3. The third-order valence-corrected chi connectivity index (χ3v) is 16.6. The number of fused-ring (bicyclic) bond motifs is 9. The summed E-state index contributed by atoms with van der Waals surface area (Å²) < 4.78 is 4.85. The molecule has 0 spiro atoms. The van der Waals surface area contributed by atoms with Crippen molar-refractivity contribution in [3.8, 4) is 67.5 Å². The Balaban J connectivity index is 0.976. The van der Waals surface area contributed by atoms with E-state index < -0.39 is 0 Å². The second kappa shape index (κ2) is 17.7. The van der Waals surface area contributed by atoms with Crippen LogP contribution in [0.15, 0.2) is 266 Å². The molecule has 1 aliphatic heterocycles. The quantitative estimate of drug-likeness (QED) is 0.152. The number of thioether (sulfide) groups is 1. The van der Waals surface area contributed by atoms with Crippen LogP contribution in [-0.2, 0) is 0 Å². The summed E-state index contributed by atoms with van der Waals surface area (Å²) in [7, 11) is 0. The Morgan fingerprint density at radius 3 is 1.72 bits per heavy atom. The van der Waals surface area contributed by atoms with E-state index >= 15 is 0 Å². The lowest BCUT2D eigenvalue weighted by Gasteiger charge is -2.23. The molecular weight excluding hydrogens is 931 g/mol. The van der Waals surface area contributed by atoms with Gasteiger partial charge in [-0.05, 0) is 99.6 Å². The molecule has 3 aromatic heterocycles. The van der Waals surface area contributed by atoms with Crippen LogP contribution >= 0.6 is 11.8 Å². The Bertz CT molecular complexity index is 4460. The first-order valence-electron chi connectivity index (χ1n) is 25.6. The normalized spacial score (nSPS) is 14.9. The molecule has 2 atom stereocenters. The van der Waals surface area contributed by atoms with Crippen molar-refractivity contribution in [3.63, 3.8) is 0 Å². The molecule has 0 saturated heterocycles. The standard InChI is InChI=1S/C69H45N5S/c1-4-20-44(21-5-1)46-24-16-25-48(42-46)67-70-68(72-69(71-67)57-34-17-33-53-50-28-12-15-39-63(50)75-66(53)57)56-30-11-14-36-59(56)74-61-38-19-32-52(65(61)55-41-40-47(43-62(55)74)45-22-6-2-7-23-45)51-31-18-37-60-64(51)54-29-10-13-35-58(54)73(60)49-26-8-3-9-27-49/h1-43,53,66H. The van der Waals surface area contributed by atoms with Gasteiger partial charge in [-0.15, -0.1) is 11.8 Å². The molecule has 0 amide bonds. The smallest absolute Gasteiger partial charge is 0.166 e. The van der Waals surface area contributed by atoms with E-state index in [9.17, 15) is 0 Å². The molecule has 2 unspecified atom stereocenters. The molecule has 4 heterocycles. The lowest BCUT2D eigenvalue weighted by Crippen LogP contribution is -2.16. The van der Waals surface area contributed by atoms with Crippen LogP contribution in [0, 0.1) is 0 Å². The van der Waals surface area contributed by atoms with Gasteiger partial charge in [0, 0.05) is 60.0 Å². The maximum atomic E-state index is 5.55. The molecule has 352 valence electrons. The van der Waals surface area contributed by atoms with Crippen LogP contribution in [0.25, 0.3) is 117 Å². The molecule has 0 bridgehead atoms. The van der Waals surface area contributed by atoms with E-state index in [0.29, 0.717) is 17.5 Å². The molecule has 0 fully saturated rings. The minimum absolute atomic E-state index is 0.125. The highest BCUT2D eigenvalue weighted by atomic mass is 32.2. The van der Waals surface area contributed by atoms with Gasteiger partial charge >= 0.3 is 0 Å². The number of hydrogen-bond donors (Lipinski definition) is 0. The monoisotopic (exact) mass is 975 g/mol. The van der Waals surface area contributed by atoms with E-state index in [1.165, 1.54) is 48.8 Å². The van der Waals surface area contributed by atoms with Crippen LogP contribution in [0.4, 0.5) is 0 Å². The predicted molar refractivity (Wildman–Crippen MR) is 312 cm³/mol. The fourth-order valence-electron chi connectivity index (χ4n) is 11.8. The van der Waals surface area contributed by atoms with E-state index in [1.54, 1.807) is 0 Å². The van der Waals surface area contributed by atoms with Gasteiger partial charge in [0.25, 0.3) is 0 Å². The van der Waals surface area contributed by atoms with Gasteiger partial charge in [0.1, 0.15) is 0 Å². The van der Waals surface area contributed by atoms with Crippen molar-refractivity contribution in [2.24, 2.45) is 0 Å². The number of aromatic nitrogens is 5. The molecule has 0 radical (unpaired) electrons. The Hall–Kier alpha value is -9.36. The maximum absolute atomic E-state index is 5.55. The molecule has 0 N–H and O–H groups in total. The van der Waals surface area contributed by atoms with Gasteiger partial charge < -0.3 is 9.13 Å². The largest absolute Gasteiger partial charge is 0.309 e. The zero-order chi connectivity index (χ0) is 49.4. The van der Waals surface area contributed by atoms with E-state index in [2.05, 4.69) is 270 Å². The molecule has 10 aromatic carbocycles. The van der Waals surface area contributed by atoms with E-state index in [-0.39, 0.29) is 11.2 Å². The van der Waals surface area contributed by atoms with Crippen LogP contribution in [-0.4, -0.2) is 29.3 Å². The fourth-order valence-corrected chi connectivity index (χ4v) is 13.3. The highest BCUT2D eigenvalue weighted by molar-refractivity contribution is 8.00. The van der Waals surface area contributed by atoms with E-state index in [0.717, 1.165) is 66.7 Å². The van der Waals surface area contributed by atoms with Crippen LogP contribution in [0.1, 0.15) is 17.3 Å². The first kappa shape index (κ1) is 43.2. The first-order valence-corrected chi connectivity index (χ1v) is 26.5. The molecular formula is C69H45N5S. The Morgan fingerprint density at radius 1 is 0.373 bits per heavy atom. The van der Waals surface area contributed by atoms with Gasteiger partial charge in [-0.2, -0.15) is 0 Å². The molecule has 0 saturated carbocycles. The SMILES string of the molecule is C1=CC2c3ccccc3SC2C(c2nc(-c3cccc(-c4ccccc4)c3)nc(-c3ccccc3-n3c4cc(-c5ccccc5)ccc4c4c(-c5cccc6c5c5ccccc5n6-c5ccccc5)cccc43)n2)=C1. The lowest BCUT2D eigenvalue weighted by molar-refractivity contribution is 0.878. The maximum Gasteiger partial charge on any atom is 0.166 e. The number of allylic oxidation sites excluding steroid dienone is 3. The van der Waals surface area contributed by atoms with E-state index in [4.69, 9.17) is 15.0 Å². The minimum Gasteiger partial charge on any atom is -0.309 e. The Morgan fingerprint density at radius 2 is 0.933 bits per heavy atom. The van der Waals surface area contributed by atoms with Crippen molar-refractivity contribution in [3.05, 3.63) is 272 Å². The number of para-hydroxylation sites is 3. The van der Waals surface area contributed by atoms with Gasteiger partial charge in [0.05, 0.1) is 27.8 Å². The first-order chi connectivity index (χ1) is 37.2. The summed E-state index contributed by atoms with van der Waals surface area (Å²) in [5, 5.41) is 4.92. The van der Waals surface area contributed by atoms with Crippen molar-refractivity contribution >= 4 is 60.9 Å². The summed E-state index contributed by atoms with van der Waals surface area (Å²) in [5.74, 6) is 2.16. The van der Waals surface area contributed by atoms with Crippen LogP contribution in [0.5, 0.6) is 0 Å². The second-order valence-corrected chi connectivity index (χ2v) is 20.6. The molecule has 6 heteroatoms. The van der Waals surface area contributed by atoms with Crippen molar-refractivity contribution < 1.29 is 0 Å². The van der Waals surface area contributed by atoms with Gasteiger partial charge in [-0.25, -0.2) is 15.0 Å². The second-order valence-electron chi connectivity index (χ2n) is 19.4. The lowest BCUT2D eigenvalue weighted by atomic mass is 9.88. The summed E-state index contributed by atoms with van der Waals surface area (Å²) >= 11 is 1.90. The third-order valence-electron chi connectivity index (χ3n) is 15.2. The van der Waals surface area contributed by atoms with Crippen molar-refractivity contribution in [2.75, 3.05) is 0 Å². The molecule has 15 rings (SSSR count). The average Bonchev–Trinajstić information content (AvgIpc) is 4.24. The zero-order valence-electron chi connectivity index (χ0n) is 40.6. The number of benzene rings is 10. The van der Waals surface area contributed by atoms with E-state index in [1.807, 2.05) is 11.8 Å². The van der Waals surface area contributed by atoms with Crippen LogP contribution < -0.4 is 0 Å². The highest BCUT2D eigenvalue weighted by Crippen LogP contribution is 2.53. The summed E-state index contributed by atoms with van der Waals surface area (Å²) in [6.45, 7) is 0. The highest BCUT2D eigenvalue weighted by Gasteiger charge is 2.37. The van der Waals surface area contributed by atoms with Crippen molar-refractivity contribution in [2.45, 2.75) is 16.1 Å². The molecule has 13 aromatic rings. The van der Waals surface area contributed by atoms with Crippen LogP contribution in [0.2, 0.25) is 0 Å². The number of nitrogens with zero attached hydrogens (tertiary/aromatic N) is 5. The van der Waals surface area contributed by atoms with Gasteiger partial charge in [0.15, 0.2) is 17.5 Å². The number of hydrogen-bond acceptors (Lipinski definition) is 4. The molecule has 75 heavy (non-hydrogen) atoms. The molecule has 2 aliphatic rings. The van der Waals surface area contributed by atoms with Gasteiger partial charge in [-0.1, -0.05) is 200 Å². The minimum atomic E-state index is 0.125. The summed E-state index contributed by atoms with van der Waals surface area (Å²) in [5.41, 5.74) is 17.9. The van der Waals surface area contributed by atoms with Gasteiger partial charge in [0.2, 0.25) is 0 Å². The number of rotatable bonds is 8. The molecule has 5 nitrogen and oxygen atoms in total. The fraction of sp³-hybridized carbons (Fsp3) is 0.0290. The third kappa shape index (κ3) is 7.13. The van der Waals surface area contributed by atoms with Crippen LogP contribution in [0.3, 0.4) is 0 Å². The van der Waals surface area contributed by atoms with Crippen molar-refractivity contribution in [1.82, 2.24) is 24.1 Å². The van der Waals surface area contributed by atoms with Crippen molar-refractivity contribution in [1.29, 1.82) is 0 Å². The Kier molecular flexibility index (Phi) is 10.2. The predicted octanol–water partition coefficient (Wildman–Crippen LogP) is 17.6. The zero-order valence-corrected chi connectivity index (χ0v) is 41.4. The van der Waals surface area contributed by atoms with Gasteiger partial charge in [-0.3, -0.25) is 0 Å². The molecule has 1 aliphatic carbocycles. The summed E-state index contributed by atoms with van der Waals surface area (Å²) in [4.78, 5) is 17.8. The average molecular weight is 976 g/mol.